The number of hydrogen-bond acceptors (Lipinski definition) is 4. The number of ether oxygens (including phenoxy) is 2. The molecule has 0 radical (unpaired) electrons. The van der Waals surface area contributed by atoms with Gasteiger partial charge in [0.1, 0.15) is 11.2 Å². The highest BCUT2D eigenvalue weighted by Gasteiger charge is 2.48. The monoisotopic (exact) mass is 475 g/mol. The topological polar surface area (TPSA) is 72.8 Å². The Morgan fingerprint density at radius 2 is 1.83 bits per heavy atom. The van der Waals surface area contributed by atoms with Crippen LogP contribution in [0.1, 0.15) is 55.1 Å². The van der Waals surface area contributed by atoms with Gasteiger partial charge < -0.3 is 24.3 Å². The molecule has 1 N–H and O–H groups in total. The van der Waals surface area contributed by atoms with E-state index in [-0.39, 0.29) is 24.4 Å². The van der Waals surface area contributed by atoms with E-state index in [0.29, 0.717) is 23.7 Å². The molecule has 2 amide bonds. The van der Waals surface area contributed by atoms with Gasteiger partial charge in [-0.05, 0) is 38.0 Å². The van der Waals surface area contributed by atoms with Crippen LogP contribution in [0.4, 0.5) is 0 Å². The molecule has 0 unspecified atom stereocenters. The molecular weight excluding hydrogens is 442 g/mol. The molecule has 35 heavy (non-hydrogen) atoms. The van der Waals surface area contributed by atoms with Crippen molar-refractivity contribution in [1.82, 2.24) is 14.8 Å². The van der Waals surface area contributed by atoms with E-state index in [0.717, 1.165) is 42.1 Å². The molecule has 0 spiro atoms. The predicted octanol–water partition coefficient (Wildman–Crippen LogP) is 4.52. The van der Waals surface area contributed by atoms with Crippen molar-refractivity contribution < 1.29 is 19.1 Å². The quantitative estimate of drug-likeness (QED) is 0.569. The highest BCUT2D eigenvalue weighted by molar-refractivity contribution is 6.03. The van der Waals surface area contributed by atoms with Crippen LogP contribution in [0, 0.1) is 0 Å². The number of amides is 2. The Morgan fingerprint density at radius 3 is 2.57 bits per heavy atom. The molecule has 1 aliphatic carbocycles. The number of fused-ring (bicyclic) bond motifs is 3. The van der Waals surface area contributed by atoms with Crippen molar-refractivity contribution in [2.75, 3.05) is 14.2 Å². The molecule has 1 fully saturated rings. The first-order chi connectivity index (χ1) is 17.0. The summed E-state index contributed by atoms with van der Waals surface area (Å²) in [6.45, 7) is 2.50. The Kier molecular flexibility index (Phi) is 6.17. The van der Waals surface area contributed by atoms with Gasteiger partial charge in [0.25, 0.3) is 5.91 Å². The van der Waals surface area contributed by atoms with E-state index in [2.05, 4.69) is 5.32 Å². The average molecular weight is 476 g/mol. The summed E-state index contributed by atoms with van der Waals surface area (Å²) in [4.78, 5) is 29.6. The summed E-state index contributed by atoms with van der Waals surface area (Å²) in [5.74, 6) is 0.891. The maximum Gasteiger partial charge on any atom is 0.271 e. The van der Waals surface area contributed by atoms with Crippen molar-refractivity contribution in [3.63, 3.8) is 0 Å². The fourth-order valence-corrected chi connectivity index (χ4v) is 5.59. The smallest absolute Gasteiger partial charge is 0.271 e. The molecule has 1 aromatic heterocycles. The number of nitrogens with one attached hydrogen (secondary N) is 1. The van der Waals surface area contributed by atoms with Gasteiger partial charge in [0.15, 0.2) is 11.5 Å². The van der Waals surface area contributed by atoms with E-state index in [1.54, 1.807) is 19.1 Å². The third-order valence-electron chi connectivity index (χ3n) is 7.58. The van der Waals surface area contributed by atoms with Crippen molar-refractivity contribution in [1.29, 1.82) is 0 Å². The highest BCUT2D eigenvalue weighted by Crippen LogP contribution is 2.37. The van der Waals surface area contributed by atoms with Crippen LogP contribution in [0.2, 0.25) is 0 Å². The summed E-state index contributed by atoms with van der Waals surface area (Å²) >= 11 is 0. The molecule has 2 aliphatic rings. The zero-order valence-electron chi connectivity index (χ0n) is 20.7. The lowest BCUT2D eigenvalue weighted by Gasteiger charge is -2.45. The Hall–Kier alpha value is -3.48. The Labute approximate surface area is 206 Å². The summed E-state index contributed by atoms with van der Waals surface area (Å²) in [5.41, 5.74) is 1.28. The lowest BCUT2D eigenvalue weighted by atomic mass is 9.91. The standard InChI is InChI=1S/C28H33N3O4/c1-28(27(33)29-21-12-5-4-6-13-21)18-30-22-14-8-7-10-19(22)16-23(30)26(32)31(28)17-20-11-9-15-24(34-2)25(20)35-3/h7-11,14-16,21H,4-6,12-13,17-18H2,1-3H3,(H,29,33)/t28-/m0/s1. The van der Waals surface area contributed by atoms with Gasteiger partial charge >= 0.3 is 0 Å². The second-order valence-corrected chi connectivity index (χ2v) is 9.80. The van der Waals surface area contributed by atoms with Crippen LogP contribution in [0.15, 0.2) is 48.5 Å². The van der Waals surface area contributed by atoms with E-state index in [9.17, 15) is 9.59 Å². The van der Waals surface area contributed by atoms with E-state index >= 15 is 0 Å². The van der Waals surface area contributed by atoms with Gasteiger partial charge in [-0.2, -0.15) is 0 Å². The van der Waals surface area contributed by atoms with Gasteiger partial charge in [0.2, 0.25) is 5.91 Å². The van der Waals surface area contributed by atoms with Gasteiger partial charge in [0, 0.05) is 22.5 Å². The van der Waals surface area contributed by atoms with Crippen molar-refractivity contribution in [3.8, 4) is 11.5 Å². The molecule has 0 bridgehead atoms. The molecule has 3 aromatic rings. The number of benzene rings is 2. The van der Waals surface area contributed by atoms with Crippen LogP contribution >= 0.6 is 0 Å². The van der Waals surface area contributed by atoms with Crippen molar-refractivity contribution in [2.24, 2.45) is 0 Å². The molecule has 7 heteroatoms. The third kappa shape index (κ3) is 4.03. The van der Waals surface area contributed by atoms with E-state index in [4.69, 9.17) is 9.47 Å². The first-order valence-electron chi connectivity index (χ1n) is 12.4. The molecule has 1 saturated carbocycles. The predicted molar refractivity (Wildman–Crippen MR) is 135 cm³/mol. The molecule has 7 nitrogen and oxygen atoms in total. The van der Waals surface area contributed by atoms with Crippen molar-refractivity contribution in [3.05, 3.63) is 59.8 Å². The first kappa shape index (κ1) is 23.3. The Balaban J connectivity index is 1.58. The number of hydrogen-bond donors (Lipinski definition) is 1. The summed E-state index contributed by atoms with van der Waals surface area (Å²) in [6.07, 6.45) is 5.42. The van der Waals surface area contributed by atoms with Crippen LogP contribution < -0.4 is 14.8 Å². The number of rotatable bonds is 6. The second kappa shape index (κ2) is 9.29. The average Bonchev–Trinajstić information content (AvgIpc) is 3.25. The molecule has 2 aromatic carbocycles. The molecule has 1 atom stereocenters. The molecule has 2 heterocycles. The fraction of sp³-hybridized carbons (Fsp3) is 0.429. The van der Waals surface area contributed by atoms with E-state index < -0.39 is 5.54 Å². The number of carbonyl (C=O) groups is 2. The highest BCUT2D eigenvalue weighted by atomic mass is 16.5. The lowest BCUT2D eigenvalue weighted by Crippen LogP contribution is -2.64. The van der Waals surface area contributed by atoms with Crippen LogP contribution in [0.5, 0.6) is 11.5 Å². The third-order valence-corrected chi connectivity index (χ3v) is 7.58. The minimum atomic E-state index is -1.07. The summed E-state index contributed by atoms with van der Waals surface area (Å²) in [7, 11) is 3.18. The number of aromatic nitrogens is 1. The van der Waals surface area contributed by atoms with Crippen LogP contribution in [-0.4, -0.2) is 47.1 Å². The maximum atomic E-state index is 14.0. The zero-order valence-corrected chi connectivity index (χ0v) is 20.7. The van der Waals surface area contributed by atoms with Crippen molar-refractivity contribution in [2.45, 2.75) is 63.7 Å². The zero-order chi connectivity index (χ0) is 24.6. The SMILES string of the molecule is COc1cccc(CN2C(=O)c3cc4ccccc4n3C[C@@]2(C)C(=O)NC2CCCCC2)c1OC. The van der Waals surface area contributed by atoms with Gasteiger partial charge in [-0.3, -0.25) is 9.59 Å². The second-order valence-electron chi connectivity index (χ2n) is 9.80. The number of methoxy groups -OCH3 is 2. The van der Waals surface area contributed by atoms with Crippen LogP contribution in [-0.2, 0) is 17.9 Å². The van der Waals surface area contributed by atoms with Gasteiger partial charge in [-0.15, -0.1) is 0 Å². The number of carbonyl (C=O) groups excluding carboxylic acids is 2. The van der Waals surface area contributed by atoms with E-state index in [1.807, 2.05) is 60.0 Å². The minimum Gasteiger partial charge on any atom is -0.493 e. The Bertz CT molecular complexity index is 1260. The van der Waals surface area contributed by atoms with Crippen molar-refractivity contribution >= 4 is 22.7 Å². The number of para-hydroxylation sites is 2. The van der Waals surface area contributed by atoms with Gasteiger partial charge in [-0.25, -0.2) is 0 Å². The lowest BCUT2D eigenvalue weighted by molar-refractivity contribution is -0.134. The van der Waals surface area contributed by atoms with E-state index in [1.165, 1.54) is 6.42 Å². The molecule has 0 saturated heterocycles. The van der Waals surface area contributed by atoms with Crippen LogP contribution in [0.3, 0.4) is 0 Å². The molecule has 5 rings (SSSR count). The molecule has 1 aliphatic heterocycles. The fourth-order valence-electron chi connectivity index (χ4n) is 5.59. The molecule has 184 valence electrons. The normalized spacial score (nSPS) is 20.5. The van der Waals surface area contributed by atoms with Gasteiger partial charge in [-0.1, -0.05) is 49.6 Å². The molecular formula is C28H33N3O4. The first-order valence-corrected chi connectivity index (χ1v) is 12.4. The largest absolute Gasteiger partial charge is 0.493 e. The van der Waals surface area contributed by atoms with Gasteiger partial charge in [0.05, 0.1) is 27.3 Å². The maximum absolute atomic E-state index is 14.0. The number of nitrogens with zero attached hydrogens (tertiary/aromatic N) is 2. The summed E-state index contributed by atoms with van der Waals surface area (Å²) in [6, 6.07) is 15.6. The summed E-state index contributed by atoms with van der Waals surface area (Å²) < 4.78 is 13.1. The summed E-state index contributed by atoms with van der Waals surface area (Å²) in [5, 5.41) is 4.28. The van der Waals surface area contributed by atoms with Crippen LogP contribution in [0.25, 0.3) is 10.9 Å². The Morgan fingerprint density at radius 1 is 1.06 bits per heavy atom. The minimum absolute atomic E-state index is 0.108.